The average Bonchev–Trinajstić information content (AvgIpc) is 3.69. The lowest BCUT2D eigenvalue weighted by molar-refractivity contribution is -0.124. The minimum atomic E-state index is -3.84. The fraction of sp³-hybridized carbons (Fsp3) is 0.333. The van der Waals surface area contributed by atoms with Crippen LogP contribution in [-0.2, 0) is 21.1 Å². The van der Waals surface area contributed by atoms with Crippen LogP contribution in [0.3, 0.4) is 0 Å². The number of nitrogens with zero attached hydrogens (tertiary/aromatic N) is 1. The van der Waals surface area contributed by atoms with Gasteiger partial charge in [-0.05, 0) is 54.7 Å². The number of rotatable bonds is 12. The first-order valence-corrected chi connectivity index (χ1v) is 13.6. The van der Waals surface area contributed by atoms with Gasteiger partial charge in [0.05, 0.1) is 22.5 Å². The molecule has 0 aliphatic heterocycles. The summed E-state index contributed by atoms with van der Waals surface area (Å²) >= 11 is 0. The van der Waals surface area contributed by atoms with Gasteiger partial charge in [0.15, 0.2) is 9.84 Å². The lowest BCUT2D eigenvalue weighted by Gasteiger charge is -2.22. The third kappa shape index (κ3) is 8.41. The molecule has 37 heavy (non-hydrogen) atoms. The highest BCUT2D eigenvalue weighted by atomic mass is 32.2. The fourth-order valence-corrected chi connectivity index (χ4v) is 5.54. The number of benzene rings is 2. The van der Waals surface area contributed by atoms with E-state index in [0.717, 1.165) is 18.4 Å². The second-order valence-electron chi connectivity index (χ2n) is 9.12. The minimum Gasteiger partial charge on any atom is -0.439 e. The van der Waals surface area contributed by atoms with E-state index in [4.69, 9.17) is 4.74 Å². The average molecular weight is 524 g/mol. The number of nitrogens with one attached hydrogen (secondary N) is 1. The van der Waals surface area contributed by atoms with E-state index in [9.17, 15) is 23.3 Å². The van der Waals surface area contributed by atoms with Crippen molar-refractivity contribution in [1.82, 2.24) is 10.3 Å². The Morgan fingerprint density at radius 2 is 1.70 bits per heavy atom. The van der Waals surface area contributed by atoms with E-state index in [1.807, 2.05) is 30.3 Å². The smallest absolute Gasteiger partial charge is 0.439 e. The SMILES string of the molecule is C.O=C(N[C@@H](CC1CC1)B(O)O)[C@H](Cc1ccccc1)CS(=O)(=O)c1ccc(Oc2ccccn2)cc1. The van der Waals surface area contributed by atoms with Gasteiger partial charge in [0.25, 0.3) is 0 Å². The monoisotopic (exact) mass is 524 g/mol. The highest BCUT2D eigenvalue weighted by Crippen LogP contribution is 2.34. The lowest BCUT2D eigenvalue weighted by Crippen LogP contribution is -2.50. The number of aromatic nitrogens is 1. The maximum Gasteiger partial charge on any atom is 0.475 e. The normalized spacial score (nSPS) is 14.6. The molecule has 1 amide bonds. The van der Waals surface area contributed by atoms with Crippen molar-refractivity contribution < 1.29 is 28.0 Å². The molecule has 3 aromatic rings. The Labute approximate surface area is 218 Å². The van der Waals surface area contributed by atoms with Crippen LogP contribution in [0.4, 0.5) is 0 Å². The standard InChI is InChI=1S/C26H29BN2O6S.CH4/c30-26(29-24(27(31)32)17-20-9-10-20)21(16-19-6-2-1-3-7-19)18-36(33,34)23-13-11-22(12-14-23)35-25-8-4-5-15-28-25;/h1-8,11-15,20-21,24,31-32H,9-10,16-18H2,(H,29,30);1H4/t21-,24+;/m1./s1. The van der Waals surface area contributed by atoms with Crippen molar-refractivity contribution >= 4 is 22.9 Å². The second kappa shape index (κ2) is 12.8. The zero-order chi connectivity index (χ0) is 25.5. The van der Waals surface area contributed by atoms with E-state index < -0.39 is 40.5 Å². The number of pyridine rings is 1. The third-order valence-electron chi connectivity index (χ3n) is 6.13. The summed E-state index contributed by atoms with van der Waals surface area (Å²) in [5, 5.41) is 22.2. The van der Waals surface area contributed by atoms with Crippen LogP contribution in [0, 0.1) is 11.8 Å². The van der Waals surface area contributed by atoms with Crippen molar-refractivity contribution in [3.63, 3.8) is 0 Å². The van der Waals surface area contributed by atoms with E-state index in [1.54, 1.807) is 36.5 Å². The van der Waals surface area contributed by atoms with Gasteiger partial charge in [-0.1, -0.05) is 56.7 Å². The second-order valence-corrected chi connectivity index (χ2v) is 11.2. The summed E-state index contributed by atoms with van der Waals surface area (Å²) in [6.07, 6.45) is 4.22. The molecule has 2 aromatic carbocycles. The topological polar surface area (TPSA) is 126 Å². The van der Waals surface area contributed by atoms with Crippen molar-refractivity contribution in [2.45, 2.75) is 43.9 Å². The number of hydrogen-bond donors (Lipinski definition) is 3. The number of sulfone groups is 1. The third-order valence-corrected chi connectivity index (χ3v) is 7.96. The molecule has 0 unspecified atom stereocenters. The Bertz CT molecular complexity index is 1240. The zero-order valence-electron chi connectivity index (χ0n) is 19.7. The molecule has 0 bridgehead atoms. The highest BCUT2D eigenvalue weighted by molar-refractivity contribution is 7.91. The van der Waals surface area contributed by atoms with Gasteiger partial charge >= 0.3 is 7.12 Å². The van der Waals surface area contributed by atoms with E-state index in [-0.39, 0.29) is 18.7 Å². The van der Waals surface area contributed by atoms with Crippen LogP contribution in [0.15, 0.2) is 83.9 Å². The number of ether oxygens (including phenoxy) is 1. The molecule has 0 spiro atoms. The Kier molecular flexibility index (Phi) is 9.85. The molecule has 0 radical (unpaired) electrons. The minimum absolute atomic E-state index is 0. The summed E-state index contributed by atoms with van der Waals surface area (Å²) in [6.45, 7) is 0. The predicted molar refractivity (Wildman–Crippen MR) is 143 cm³/mol. The van der Waals surface area contributed by atoms with Gasteiger partial charge in [-0.3, -0.25) is 4.79 Å². The van der Waals surface area contributed by atoms with E-state index in [1.165, 1.54) is 12.1 Å². The van der Waals surface area contributed by atoms with Gasteiger partial charge in [0, 0.05) is 12.3 Å². The maximum atomic E-state index is 13.3. The van der Waals surface area contributed by atoms with Crippen LogP contribution < -0.4 is 10.1 Å². The largest absolute Gasteiger partial charge is 0.475 e. The molecule has 1 fully saturated rings. The van der Waals surface area contributed by atoms with E-state index in [0.29, 0.717) is 24.0 Å². The molecule has 1 aliphatic carbocycles. The molecular formula is C27H33BN2O6S. The van der Waals surface area contributed by atoms with Gasteiger partial charge in [-0.2, -0.15) is 0 Å². The summed E-state index contributed by atoms with van der Waals surface area (Å²) < 4.78 is 32.2. The highest BCUT2D eigenvalue weighted by Gasteiger charge is 2.35. The van der Waals surface area contributed by atoms with Crippen LogP contribution in [-0.4, -0.2) is 48.2 Å². The molecule has 3 N–H and O–H groups in total. The van der Waals surface area contributed by atoms with E-state index in [2.05, 4.69) is 10.3 Å². The van der Waals surface area contributed by atoms with Crippen LogP contribution in [0.1, 0.15) is 32.3 Å². The summed E-state index contributed by atoms with van der Waals surface area (Å²) in [5.74, 6) is -1.52. The summed E-state index contributed by atoms with van der Waals surface area (Å²) in [6, 6.07) is 20.4. The summed E-state index contributed by atoms with van der Waals surface area (Å²) in [5.41, 5.74) is 0.815. The molecular weight excluding hydrogens is 491 g/mol. The predicted octanol–water partition coefficient (Wildman–Crippen LogP) is 3.44. The van der Waals surface area contributed by atoms with Crippen LogP contribution >= 0.6 is 0 Å². The van der Waals surface area contributed by atoms with Gasteiger partial charge in [-0.15, -0.1) is 0 Å². The first-order valence-electron chi connectivity index (χ1n) is 11.9. The first-order chi connectivity index (χ1) is 17.3. The Balaban J connectivity index is 0.00000380. The number of hydrogen-bond acceptors (Lipinski definition) is 7. The number of carbonyl (C=O) groups excluding carboxylic acids is 1. The molecule has 2 atom stereocenters. The molecule has 0 saturated heterocycles. The van der Waals surface area contributed by atoms with Crippen molar-refractivity contribution in [1.29, 1.82) is 0 Å². The van der Waals surface area contributed by atoms with Crippen molar-refractivity contribution in [3.05, 3.63) is 84.6 Å². The molecule has 1 heterocycles. The van der Waals surface area contributed by atoms with Crippen LogP contribution in [0.5, 0.6) is 11.6 Å². The zero-order valence-corrected chi connectivity index (χ0v) is 20.5. The van der Waals surface area contributed by atoms with Crippen molar-refractivity contribution in [3.8, 4) is 11.6 Å². The van der Waals surface area contributed by atoms with Gasteiger partial charge in [0.2, 0.25) is 11.8 Å². The Hall–Kier alpha value is -3.21. The molecule has 1 aromatic heterocycles. The maximum absolute atomic E-state index is 13.3. The molecule has 10 heteroatoms. The Morgan fingerprint density at radius 1 is 1.03 bits per heavy atom. The summed E-state index contributed by atoms with van der Waals surface area (Å²) in [7, 11) is -5.55. The lowest BCUT2D eigenvalue weighted by atomic mass is 9.76. The number of carbonyl (C=O) groups is 1. The molecule has 1 aliphatic rings. The van der Waals surface area contributed by atoms with Gasteiger partial charge in [-0.25, -0.2) is 13.4 Å². The molecule has 8 nitrogen and oxygen atoms in total. The number of amides is 1. The Morgan fingerprint density at radius 3 is 2.30 bits per heavy atom. The van der Waals surface area contributed by atoms with Crippen LogP contribution in [0.2, 0.25) is 0 Å². The molecule has 4 rings (SSSR count). The van der Waals surface area contributed by atoms with Gasteiger partial charge < -0.3 is 20.1 Å². The van der Waals surface area contributed by atoms with Crippen molar-refractivity contribution in [2.75, 3.05) is 5.75 Å². The van der Waals surface area contributed by atoms with E-state index >= 15 is 0 Å². The molecule has 1 saturated carbocycles. The first kappa shape index (κ1) is 28.4. The fourth-order valence-electron chi connectivity index (χ4n) is 4.00. The van der Waals surface area contributed by atoms with Crippen molar-refractivity contribution in [2.24, 2.45) is 11.8 Å². The van der Waals surface area contributed by atoms with Crippen LogP contribution in [0.25, 0.3) is 0 Å². The van der Waals surface area contributed by atoms with Gasteiger partial charge in [0.1, 0.15) is 5.75 Å². The summed E-state index contributed by atoms with van der Waals surface area (Å²) in [4.78, 5) is 17.4. The molecule has 196 valence electrons. The quantitative estimate of drug-likeness (QED) is 0.310.